The zero-order valence-electron chi connectivity index (χ0n) is 30.0. The van der Waals surface area contributed by atoms with Crippen LogP contribution in [0.4, 0.5) is 0 Å². The second-order valence-electron chi connectivity index (χ2n) is 14.8. The molecular formula is C52H34N2Si. The van der Waals surface area contributed by atoms with Gasteiger partial charge >= 0.3 is 0 Å². The van der Waals surface area contributed by atoms with Gasteiger partial charge in [0.1, 0.15) is 0 Å². The van der Waals surface area contributed by atoms with Crippen molar-refractivity contribution >= 4 is 83.2 Å². The van der Waals surface area contributed by atoms with Crippen molar-refractivity contribution < 1.29 is 0 Å². The summed E-state index contributed by atoms with van der Waals surface area (Å²) in [4.78, 5) is 0. The van der Waals surface area contributed by atoms with Gasteiger partial charge in [0.2, 0.25) is 0 Å². The highest BCUT2D eigenvalue weighted by Gasteiger charge is 2.48. The number of hydrogen-bond acceptors (Lipinski definition) is 0. The molecule has 0 bridgehead atoms. The van der Waals surface area contributed by atoms with Crippen LogP contribution in [-0.4, -0.2) is 17.2 Å². The SMILES string of the molecule is c1ccc([Si]2(c3ccccc3)c3ccccc3-c3ccc(-n4c5ccc(-n6c7ccccc7c7ccccc76)cc5c5c6ccccc6ccc54)cc32)cc1. The fraction of sp³-hybridized carbons (Fsp3) is 0. The predicted octanol–water partition coefficient (Wildman–Crippen LogP) is 10.4. The Balaban J connectivity index is 1.18. The lowest BCUT2D eigenvalue weighted by atomic mass is 10.0. The van der Waals surface area contributed by atoms with Crippen molar-refractivity contribution in [3.63, 3.8) is 0 Å². The van der Waals surface area contributed by atoms with Crippen molar-refractivity contribution in [1.29, 1.82) is 0 Å². The van der Waals surface area contributed by atoms with Crippen LogP contribution in [0.1, 0.15) is 0 Å². The standard InChI is InChI=1S/C52H34N2Si/c1-3-16-38(17-4-1)55(39-18-5-2-6-19-39)50-26-14-11-23-43(50)44-30-28-37(34-51(44)55)54-48-32-29-36(33-45(48)52-40-20-8-7-15-35(40)27-31-49(52)54)53-46-24-12-9-21-41(46)42-22-10-13-25-47(42)53/h1-34H. The molecule has 0 fully saturated rings. The molecule has 256 valence electrons. The van der Waals surface area contributed by atoms with Gasteiger partial charge in [-0.3, -0.25) is 0 Å². The van der Waals surface area contributed by atoms with Crippen molar-refractivity contribution in [2.75, 3.05) is 0 Å². The molecule has 0 saturated heterocycles. The summed E-state index contributed by atoms with van der Waals surface area (Å²) in [6, 6.07) is 77.1. The molecule has 2 aromatic heterocycles. The van der Waals surface area contributed by atoms with Gasteiger partial charge in [0.25, 0.3) is 0 Å². The minimum Gasteiger partial charge on any atom is -0.309 e. The molecule has 0 unspecified atom stereocenters. The van der Waals surface area contributed by atoms with Gasteiger partial charge in [0.05, 0.1) is 22.1 Å². The zero-order chi connectivity index (χ0) is 36.1. The van der Waals surface area contributed by atoms with E-state index in [0.29, 0.717) is 0 Å². The monoisotopic (exact) mass is 714 g/mol. The Labute approximate surface area is 319 Å². The molecule has 3 heterocycles. The highest BCUT2D eigenvalue weighted by Crippen LogP contribution is 2.40. The third-order valence-electron chi connectivity index (χ3n) is 12.2. The van der Waals surface area contributed by atoms with E-state index in [-0.39, 0.29) is 0 Å². The smallest absolute Gasteiger partial charge is 0.180 e. The molecule has 11 aromatic rings. The van der Waals surface area contributed by atoms with Gasteiger partial charge in [-0.25, -0.2) is 0 Å². The average Bonchev–Trinajstić information content (AvgIpc) is 3.88. The number of benzene rings is 9. The Kier molecular flexibility index (Phi) is 6.39. The zero-order valence-corrected chi connectivity index (χ0v) is 31.0. The minimum atomic E-state index is -2.66. The maximum absolute atomic E-state index is 2.66. The quantitative estimate of drug-likeness (QED) is 0.161. The summed E-state index contributed by atoms with van der Waals surface area (Å²) in [5.41, 5.74) is 9.92. The molecule has 1 aliphatic heterocycles. The molecule has 9 aromatic carbocycles. The van der Waals surface area contributed by atoms with E-state index in [4.69, 9.17) is 0 Å². The van der Waals surface area contributed by atoms with Gasteiger partial charge < -0.3 is 9.13 Å². The lowest BCUT2D eigenvalue weighted by molar-refractivity contribution is 1.17. The van der Waals surface area contributed by atoms with Crippen molar-refractivity contribution in [2.24, 2.45) is 0 Å². The van der Waals surface area contributed by atoms with Crippen LogP contribution < -0.4 is 20.7 Å². The van der Waals surface area contributed by atoms with Gasteiger partial charge in [0, 0.05) is 32.9 Å². The maximum atomic E-state index is 2.54. The first-order valence-corrected chi connectivity index (χ1v) is 21.1. The van der Waals surface area contributed by atoms with Crippen LogP contribution >= 0.6 is 0 Å². The minimum absolute atomic E-state index is 1.17. The van der Waals surface area contributed by atoms with E-state index in [1.807, 2.05) is 0 Å². The highest BCUT2D eigenvalue weighted by atomic mass is 28.3. The maximum Gasteiger partial charge on any atom is 0.180 e. The number of rotatable bonds is 4. The fourth-order valence-corrected chi connectivity index (χ4v) is 15.2. The number of nitrogens with zero attached hydrogens (tertiary/aromatic N) is 2. The van der Waals surface area contributed by atoms with E-state index in [9.17, 15) is 0 Å². The molecule has 0 saturated carbocycles. The summed E-state index contributed by atoms with van der Waals surface area (Å²) in [6.07, 6.45) is 0. The van der Waals surface area contributed by atoms with Crippen molar-refractivity contribution in [1.82, 2.24) is 9.13 Å². The summed E-state index contributed by atoms with van der Waals surface area (Å²) in [5.74, 6) is 0. The molecule has 0 N–H and O–H groups in total. The Morgan fingerprint density at radius 2 is 0.818 bits per heavy atom. The van der Waals surface area contributed by atoms with Crippen LogP contribution in [0.5, 0.6) is 0 Å². The summed E-state index contributed by atoms with van der Waals surface area (Å²) in [7, 11) is -2.66. The number of aromatic nitrogens is 2. The van der Waals surface area contributed by atoms with E-state index < -0.39 is 8.07 Å². The summed E-state index contributed by atoms with van der Waals surface area (Å²) in [5, 5.41) is 13.3. The van der Waals surface area contributed by atoms with Crippen LogP contribution in [0.15, 0.2) is 206 Å². The summed E-state index contributed by atoms with van der Waals surface area (Å²) in [6.45, 7) is 0. The van der Waals surface area contributed by atoms with Crippen LogP contribution in [0.2, 0.25) is 0 Å². The van der Waals surface area contributed by atoms with E-state index in [1.54, 1.807) is 0 Å². The van der Waals surface area contributed by atoms with Gasteiger partial charge in [0.15, 0.2) is 8.07 Å². The topological polar surface area (TPSA) is 9.86 Å². The average molecular weight is 715 g/mol. The van der Waals surface area contributed by atoms with Gasteiger partial charge in [-0.05, 0) is 91.2 Å². The molecule has 2 nitrogen and oxygen atoms in total. The van der Waals surface area contributed by atoms with E-state index in [2.05, 4.69) is 215 Å². The Hall–Kier alpha value is -6.94. The second-order valence-corrected chi connectivity index (χ2v) is 18.6. The van der Waals surface area contributed by atoms with Crippen LogP contribution in [0.3, 0.4) is 0 Å². The molecule has 3 heteroatoms. The molecule has 0 aliphatic carbocycles. The van der Waals surface area contributed by atoms with Gasteiger partial charge in [-0.1, -0.05) is 158 Å². The van der Waals surface area contributed by atoms with E-state index >= 15 is 0 Å². The van der Waals surface area contributed by atoms with Crippen LogP contribution in [0.25, 0.3) is 76.9 Å². The highest BCUT2D eigenvalue weighted by molar-refractivity contribution is 7.22. The predicted molar refractivity (Wildman–Crippen MR) is 235 cm³/mol. The van der Waals surface area contributed by atoms with E-state index in [1.165, 1.54) is 97.6 Å². The third kappa shape index (κ3) is 4.13. The third-order valence-corrected chi connectivity index (χ3v) is 17.0. The van der Waals surface area contributed by atoms with Crippen molar-refractivity contribution in [2.45, 2.75) is 0 Å². The first-order chi connectivity index (χ1) is 27.3. The van der Waals surface area contributed by atoms with Gasteiger partial charge in [-0.15, -0.1) is 0 Å². The molecule has 0 amide bonds. The first-order valence-electron chi connectivity index (χ1n) is 19.1. The van der Waals surface area contributed by atoms with E-state index in [0.717, 1.165) is 0 Å². The lowest BCUT2D eigenvalue weighted by Gasteiger charge is -2.31. The van der Waals surface area contributed by atoms with Gasteiger partial charge in [-0.2, -0.15) is 0 Å². The Bertz CT molecular complexity index is 3220. The van der Waals surface area contributed by atoms with Crippen LogP contribution in [-0.2, 0) is 0 Å². The Morgan fingerprint density at radius 3 is 1.55 bits per heavy atom. The normalized spacial score (nSPS) is 13.2. The largest absolute Gasteiger partial charge is 0.309 e. The molecule has 55 heavy (non-hydrogen) atoms. The van der Waals surface area contributed by atoms with Crippen molar-refractivity contribution in [3.05, 3.63) is 206 Å². The Morgan fingerprint density at radius 1 is 0.309 bits per heavy atom. The molecule has 0 radical (unpaired) electrons. The molecule has 1 aliphatic rings. The summed E-state index contributed by atoms with van der Waals surface area (Å²) < 4.78 is 4.95. The van der Waals surface area contributed by atoms with Crippen LogP contribution in [0, 0.1) is 0 Å². The molecule has 0 spiro atoms. The molecule has 12 rings (SSSR count). The number of fused-ring (bicyclic) bond motifs is 11. The summed E-state index contributed by atoms with van der Waals surface area (Å²) >= 11 is 0. The number of hydrogen-bond donors (Lipinski definition) is 0. The second kappa shape index (κ2) is 11.5. The molecule has 0 atom stereocenters. The fourth-order valence-electron chi connectivity index (χ4n) is 9.97. The lowest BCUT2D eigenvalue weighted by Crippen LogP contribution is -2.72. The van der Waals surface area contributed by atoms with Crippen molar-refractivity contribution in [3.8, 4) is 22.5 Å². The number of para-hydroxylation sites is 2. The molecular weight excluding hydrogens is 681 g/mol. The first kappa shape index (κ1) is 30.5.